The van der Waals surface area contributed by atoms with E-state index >= 15 is 0 Å². The van der Waals surface area contributed by atoms with Crippen molar-refractivity contribution in [1.29, 1.82) is 0 Å². The van der Waals surface area contributed by atoms with E-state index in [2.05, 4.69) is 26.2 Å². The molecule has 0 aliphatic rings. The van der Waals surface area contributed by atoms with Gasteiger partial charge in [0.1, 0.15) is 6.04 Å². The van der Waals surface area contributed by atoms with Gasteiger partial charge in [0.15, 0.2) is 11.7 Å². The van der Waals surface area contributed by atoms with E-state index in [0.29, 0.717) is 18.1 Å². The van der Waals surface area contributed by atoms with Gasteiger partial charge in [-0.15, -0.1) is 0 Å². The zero-order chi connectivity index (χ0) is 17.7. The molecule has 1 atom stereocenters. The van der Waals surface area contributed by atoms with Gasteiger partial charge >= 0.3 is 5.97 Å². The number of aromatic nitrogens is 1. The zero-order valence-electron chi connectivity index (χ0n) is 13.5. The lowest BCUT2D eigenvalue weighted by molar-refractivity contribution is -0.143. The Balaban J connectivity index is 1.95. The van der Waals surface area contributed by atoms with Crippen molar-refractivity contribution in [1.82, 2.24) is 10.3 Å². The smallest absolute Gasteiger partial charge is 0.326 e. The van der Waals surface area contributed by atoms with E-state index < -0.39 is 12.0 Å². The van der Waals surface area contributed by atoms with Crippen LogP contribution >= 0.6 is 15.9 Å². The van der Waals surface area contributed by atoms with Crippen LogP contribution in [0.4, 0.5) is 0 Å². The predicted molar refractivity (Wildman–Crippen MR) is 92.4 cm³/mol. The van der Waals surface area contributed by atoms with Crippen LogP contribution < -0.4 is 5.32 Å². The lowest BCUT2D eigenvalue weighted by Gasteiger charge is -2.17. The maximum Gasteiger partial charge on any atom is 0.326 e. The van der Waals surface area contributed by atoms with Gasteiger partial charge in [-0.1, -0.05) is 48.0 Å². The van der Waals surface area contributed by atoms with Gasteiger partial charge in [-0.05, 0) is 12.0 Å². The summed E-state index contributed by atoms with van der Waals surface area (Å²) in [4.78, 5) is 27.2. The monoisotopic (exact) mass is 394 g/mol. The van der Waals surface area contributed by atoms with Crippen molar-refractivity contribution in [3.05, 3.63) is 40.8 Å². The molecule has 7 heteroatoms. The number of nitrogens with zero attached hydrogens (tertiary/aromatic N) is 1. The molecule has 1 heterocycles. The molecule has 2 rings (SSSR count). The zero-order valence-corrected chi connectivity index (χ0v) is 15.0. The van der Waals surface area contributed by atoms with Crippen molar-refractivity contribution >= 4 is 27.8 Å². The van der Waals surface area contributed by atoms with E-state index in [-0.39, 0.29) is 18.2 Å². The number of carboxylic acid groups (broad SMARTS) is 1. The Hall–Kier alpha value is -2.15. The van der Waals surface area contributed by atoms with Crippen LogP contribution in [0.2, 0.25) is 0 Å². The minimum atomic E-state index is -1.04. The Bertz CT molecular complexity index is 727. The molecule has 0 spiro atoms. The summed E-state index contributed by atoms with van der Waals surface area (Å²) in [6.45, 7) is 3.49. The van der Waals surface area contributed by atoms with Gasteiger partial charge in [-0.3, -0.25) is 4.79 Å². The molecule has 6 nitrogen and oxygen atoms in total. The highest BCUT2D eigenvalue weighted by Gasteiger charge is 2.23. The Morgan fingerprint density at radius 3 is 2.67 bits per heavy atom. The van der Waals surface area contributed by atoms with Crippen LogP contribution in [0.25, 0.3) is 11.3 Å². The Morgan fingerprint density at radius 2 is 2.04 bits per heavy atom. The Kier molecular flexibility index (Phi) is 6.14. The SMILES string of the molecule is CC(C)[C@@H](NC(=O)CCc1ncc(-c2ccccc2Br)o1)C(=O)O. The number of carbonyl (C=O) groups excluding carboxylic acids is 1. The second-order valence-electron chi connectivity index (χ2n) is 5.73. The first-order valence-electron chi connectivity index (χ1n) is 7.60. The van der Waals surface area contributed by atoms with Crippen molar-refractivity contribution < 1.29 is 19.1 Å². The third-order valence-corrected chi connectivity index (χ3v) is 4.20. The largest absolute Gasteiger partial charge is 0.480 e. The minimum absolute atomic E-state index is 0.117. The number of benzene rings is 1. The topological polar surface area (TPSA) is 92.4 Å². The predicted octanol–water partition coefficient (Wildman–Crippen LogP) is 3.26. The van der Waals surface area contributed by atoms with E-state index in [4.69, 9.17) is 9.52 Å². The van der Waals surface area contributed by atoms with Gasteiger partial charge in [-0.2, -0.15) is 0 Å². The number of rotatable bonds is 7. The average Bonchev–Trinajstić information content (AvgIpc) is 2.99. The molecule has 0 unspecified atom stereocenters. The number of hydrogen-bond donors (Lipinski definition) is 2. The number of aryl methyl sites for hydroxylation is 1. The summed E-state index contributed by atoms with van der Waals surface area (Å²) < 4.78 is 6.56. The number of aliphatic carboxylic acids is 1. The standard InChI is InChI=1S/C17H19BrN2O4/c1-10(2)16(17(22)23)20-14(21)7-8-15-19-9-13(24-15)11-5-3-4-6-12(11)18/h3-6,9-10,16H,7-8H2,1-2H3,(H,20,21)(H,22,23)/t16-/m1/s1. The second kappa shape index (κ2) is 8.10. The summed E-state index contributed by atoms with van der Waals surface area (Å²) in [5, 5.41) is 11.6. The number of oxazole rings is 1. The fourth-order valence-corrected chi connectivity index (χ4v) is 2.67. The fraction of sp³-hybridized carbons (Fsp3) is 0.353. The average molecular weight is 395 g/mol. The molecular weight excluding hydrogens is 376 g/mol. The van der Waals surface area contributed by atoms with Crippen molar-refractivity contribution in [3.63, 3.8) is 0 Å². The summed E-state index contributed by atoms with van der Waals surface area (Å²) in [6, 6.07) is 6.72. The molecule has 1 aromatic heterocycles. The number of halogens is 1. The lowest BCUT2D eigenvalue weighted by atomic mass is 10.0. The molecule has 0 radical (unpaired) electrons. The molecule has 1 amide bonds. The highest BCUT2D eigenvalue weighted by molar-refractivity contribution is 9.10. The second-order valence-corrected chi connectivity index (χ2v) is 6.58. The molecule has 0 aliphatic heterocycles. The van der Waals surface area contributed by atoms with Gasteiger partial charge in [-0.25, -0.2) is 9.78 Å². The first-order chi connectivity index (χ1) is 11.4. The highest BCUT2D eigenvalue weighted by atomic mass is 79.9. The minimum Gasteiger partial charge on any atom is -0.480 e. The van der Waals surface area contributed by atoms with E-state index in [0.717, 1.165) is 10.0 Å². The molecule has 24 heavy (non-hydrogen) atoms. The van der Waals surface area contributed by atoms with Gasteiger partial charge in [0.2, 0.25) is 5.91 Å². The van der Waals surface area contributed by atoms with Crippen molar-refractivity contribution in [2.24, 2.45) is 5.92 Å². The molecule has 1 aromatic carbocycles. The molecule has 128 valence electrons. The van der Waals surface area contributed by atoms with Gasteiger partial charge in [0, 0.05) is 22.9 Å². The number of hydrogen-bond acceptors (Lipinski definition) is 4. The van der Waals surface area contributed by atoms with Crippen molar-refractivity contribution in [2.45, 2.75) is 32.7 Å². The van der Waals surface area contributed by atoms with Crippen molar-refractivity contribution in [3.8, 4) is 11.3 Å². The first-order valence-corrected chi connectivity index (χ1v) is 8.39. The molecule has 0 saturated heterocycles. The van der Waals surface area contributed by atoms with E-state index in [9.17, 15) is 9.59 Å². The highest BCUT2D eigenvalue weighted by Crippen LogP contribution is 2.28. The summed E-state index contributed by atoms with van der Waals surface area (Å²) in [7, 11) is 0. The fourth-order valence-electron chi connectivity index (χ4n) is 2.19. The van der Waals surface area contributed by atoms with Gasteiger partial charge < -0.3 is 14.8 Å². The third kappa shape index (κ3) is 4.67. The summed E-state index contributed by atoms with van der Waals surface area (Å²) >= 11 is 3.45. The Labute approximate surface area is 148 Å². The molecule has 0 saturated carbocycles. The first kappa shape index (κ1) is 18.2. The van der Waals surface area contributed by atoms with Crippen molar-refractivity contribution in [2.75, 3.05) is 0 Å². The van der Waals surface area contributed by atoms with E-state index in [1.54, 1.807) is 20.0 Å². The Morgan fingerprint density at radius 1 is 1.33 bits per heavy atom. The summed E-state index contributed by atoms with van der Waals surface area (Å²) in [6.07, 6.45) is 2.04. The molecule has 0 fully saturated rings. The summed E-state index contributed by atoms with van der Waals surface area (Å²) in [5.74, 6) is -0.506. The molecule has 0 bridgehead atoms. The van der Waals surface area contributed by atoms with Crippen LogP contribution in [0.3, 0.4) is 0 Å². The summed E-state index contributed by atoms with van der Waals surface area (Å²) in [5.41, 5.74) is 0.881. The maximum absolute atomic E-state index is 11.9. The van der Waals surface area contributed by atoms with E-state index in [1.807, 2.05) is 24.3 Å². The van der Waals surface area contributed by atoms with Gasteiger partial charge in [0.05, 0.1) is 6.20 Å². The van der Waals surface area contributed by atoms with Crippen LogP contribution in [-0.2, 0) is 16.0 Å². The van der Waals surface area contributed by atoms with Crippen LogP contribution in [0.5, 0.6) is 0 Å². The van der Waals surface area contributed by atoms with Crippen LogP contribution in [0, 0.1) is 5.92 Å². The number of amides is 1. The van der Waals surface area contributed by atoms with Crippen LogP contribution in [0.1, 0.15) is 26.2 Å². The quantitative estimate of drug-likeness (QED) is 0.751. The van der Waals surface area contributed by atoms with E-state index in [1.165, 1.54) is 0 Å². The number of carboxylic acids is 1. The molecule has 0 aliphatic carbocycles. The van der Waals surface area contributed by atoms with Crippen LogP contribution in [-0.4, -0.2) is 28.0 Å². The molecule has 2 N–H and O–H groups in total. The third-order valence-electron chi connectivity index (χ3n) is 3.51. The van der Waals surface area contributed by atoms with Gasteiger partial charge in [0.25, 0.3) is 0 Å². The molecular formula is C17H19BrN2O4. The lowest BCUT2D eigenvalue weighted by Crippen LogP contribution is -2.44. The molecule has 2 aromatic rings. The van der Waals surface area contributed by atoms with Crippen LogP contribution in [0.15, 0.2) is 39.4 Å². The number of carbonyl (C=O) groups is 2. The maximum atomic E-state index is 11.9. The number of nitrogens with one attached hydrogen (secondary N) is 1. The normalized spacial score (nSPS) is 12.2.